The highest BCUT2D eigenvalue weighted by Crippen LogP contribution is 2.35. The predicted molar refractivity (Wildman–Crippen MR) is 127 cm³/mol. The van der Waals surface area contributed by atoms with Gasteiger partial charge in [0, 0.05) is 16.2 Å². The van der Waals surface area contributed by atoms with Crippen LogP contribution in [0.15, 0.2) is 48.5 Å². The van der Waals surface area contributed by atoms with Crippen LogP contribution in [0.1, 0.15) is 63.5 Å². The first-order valence-corrected chi connectivity index (χ1v) is 12.3. The summed E-state index contributed by atoms with van der Waals surface area (Å²) in [5.41, 5.74) is 4.25. The van der Waals surface area contributed by atoms with Crippen molar-refractivity contribution >= 4 is 21.4 Å². The van der Waals surface area contributed by atoms with Crippen LogP contribution in [0, 0.1) is 5.92 Å². The summed E-state index contributed by atoms with van der Waals surface area (Å²) in [5.74, 6) is 0.735. The van der Waals surface area contributed by atoms with Crippen molar-refractivity contribution in [1.29, 1.82) is 0 Å². The Bertz CT molecular complexity index is 900. The number of fused-ring (bicyclic) bond motifs is 1. The number of hydrogen-bond acceptors (Lipinski definition) is 2. The van der Waals surface area contributed by atoms with Gasteiger partial charge >= 0.3 is 0 Å². The molecule has 0 aliphatic carbocycles. The van der Waals surface area contributed by atoms with Gasteiger partial charge in [0.1, 0.15) is 0 Å². The lowest BCUT2D eigenvalue weighted by molar-refractivity contribution is -0.0218. The second-order valence-corrected chi connectivity index (χ2v) is 9.74. The van der Waals surface area contributed by atoms with E-state index >= 15 is 0 Å². The first-order chi connectivity index (χ1) is 14.2. The molecule has 0 bridgehead atoms. The molecule has 1 saturated heterocycles. The molecule has 0 radical (unpaired) electrons. The van der Waals surface area contributed by atoms with E-state index in [1.807, 2.05) is 11.3 Å². The fraction of sp³-hybridized carbons (Fsp3) is 0.481. The number of ether oxygens (including phenoxy) is 1. The van der Waals surface area contributed by atoms with Crippen LogP contribution in [0.3, 0.4) is 0 Å². The summed E-state index contributed by atoms with van der Waals surface area (Å²) in [4.78, 5) is 1.38. The number of hydrogen-bond donors (Lipinski definition) is 0. The van der Waals surface area contributed by atoms with Crippen LogP contribution < -0.4 is 0 Å². The van der Waals surface area contributed by atoms with E-state index in [9.17, 15) is 0 Å². The van der Waals surface area contributed by atoms with Gasteiger partial charge in [0.25, 0.3) is 0 Å². The normalized spacial score (nSPS) is 19.7. The van der Waals surface area contributed by atoms with Gasteiger partial charge in [0.05, 0.1) is 6.10 Å². The van der Waals surface area contributed by atoms with E-state index in [0.29, 0.717) is 6.10 Å². The molecule has 29 heavy (non-hydrogen) atoms. The summed E-state index contributed by atoms with van der Waals surface area (Å²) in [7, 11) is 0. The molecule has 1 fully saturated rings. The van der Waals surface area contributed by atoms with Crippen LogP contribution in [0.5, 0.6) is 0 Å². The lowest BCUT2D eigenvalue weighted by Crippen LogP contribution is -2.26. The first-order valence-electron chi connectivity index (χ1n) is 11.5. The Morgan fingerprint density at radius 1 is 0.862 bits per heavy atom. The molecule has 3 aromatic rings. The van der Waals surface area contributed by atoms with Crippen LogP contribution in [0.25, 0.3) is 20.5 Å². The quantitative estimate of drug-likeness (QED) is 0.368. The monoisotopic (exact) mass is 406 g/mol. The fourth-order valence-corrected chi connectivity index (χ4v) is 5.64. The highest BCUT2D eigenvalue weighted by Gasteiger charge is 2.20. The van der Waals surface area contributed by atoms with E-state index in [0.717, 1.165) is 12.5 Å². The second kappa shape index (κ2) is 9.91. The Morgan fingerprint density at radius 3 is 2.41 bits per heavy atom. The van der Waals surface area contributed by atoms with Gasteiger partial charge in [-0.3, -0.25) is 0 Å². The highest BCUT2D eigenvalue weighted by atomic mass is 32.1. The molecule has 2 unspecified atom stereocenters. The molecule has 2 heterocycles. The maximum atomic E-state index is 6.07. The number of benzene rings is 2. The van der Waals surface area contributed by atoms with Gasteiger partial charge in [-0.05, 0) is 78.7 Å². The zero-order valence-electron chi connectivity index (χ0n) is 18.0. The maximum absolute atomic E-state index is 6.07. The smallest absolute Gasteiger partial charge is 0.0575 e. The molecule has 1 aromatic heterocycles. The first kappa shape index (κ1) is 20.6. The van der Waals surface area contributed by atoms with Gasteiger partial charge in [-0.15, -0.1) is 11.3 Å². The summed E-state index contributed by atoms with van der Waals surface area (Å²) < 4.78 is 7.48. The molecule has 1 aliphatic rings. The topological polar surface area (TPSA) is 9.23 Å². The number of rotatable bonds is 8. The van der Waals surface area contributed by atoms with E-state index in [1.165, 1.54) is 83.0 Å². The molecule has 154 valence electrons. The standard InChI is InChI=1S/C27H34OS/c1-3-5-20-9-13-23(14-10-20)27-18-24-15-11-21(17-26(24)29-27)7-8-22-12-16-25(6-4-2)28-19-22/h9-11,13-15,17-18,22,25H,3-8,12,16,19H2,1-2H3. The zero-order chi connectivity index (χ0) is 20.1. The van der Waals surface area contributed by atoms with Gasteiger partial charge in [-0.1, -0.05) is 63.1 Å². The molecule has 2 aromatic carbocycles. The Balaban J connectivity index is 1.38. The Kier molecular flexibility index (Phi) is 7.05. The van der Waals surface area contributed by atoms with Crippen molar-refractivity contribution in [3.05, 3.63) is 59.7 Å². The summed E-state index contributed by atoms with van der Waals surface area (Å²) >= 11 is 1.93. The van der Waals surface area contributed by atoms with E-state index < -0.39 is 0 Å². The molecule has 0 amide bonds. The van der Waals surface area contributed by atoms with Gasteiger partial charge in [0.2, 0.25) is 0 Å². The summed E-state index contributed by atoms with van der Waals surface area (Å²) in [5, 5.41) is 1.37. The van der Waals surface area contributed by atoms with Crippen LogP contribution in [-0.4, -0.2) is 12.7 Å². The van der Waals surface area contributed by atoms with Crippen LogP contribution in [-0.2, 0) is 17.6 Å². The summed E-state index contributed by atoms with van der Waals surface area (Å²) in [6.45, 7) is 5.45. The molecular formula is C27H34OS. The molecule has 0 N–H and O–H groups in total. The average molecular weight is 407 g/mol. The SMILES string of the molecule is CCCc1ccc(-c2cc3ccc(CCC4CCC(CCC)OC4)cc3s2)cc1. The third-order valence-corrected chi connectivity index (χ3v) is 7.42. The van der Waals surface area contributed by atoms with Gasteiger partial charge in [0.15, 0.2) is 0 Å². The number of aryl methyl sites for hydroxylation is 2. The minimum atomic E-state index is 0.521. The van der Waals surface area contributed by atoms with Crippen molar-refractivity contribution in [2.45, 2.75) is 71.3 Å². The van der Waals surface area contributed by atoms with Crippen molar-refractivity contribution in [3.8, 4) is 10.4 Å². The molecule has 1 aliphatic heterocycles. The van der Waals surface area contributed by atoms with Crippen molar-refractivity contribution in [2.75, 3.05) is 6.61 Å². The molecule has 4 rings (SSSR count). The fourth-order valence-electron chi connectivity index (χ4n) is 4.51. The van der Waals surface area contributed by atoms with Gasteiger partial charge < -0.3 is 4.74 Å². The molecular weight excluding hydrogens is 372 g/mol. The Hall–Kier alpha value is -1.64. The highest BCUT2D eigenvalue weighted by molar-refractivity contribution is 7.22. The average Bonchev–Trinajstić information content (AvgIpc) is 3.18. The van der Waals surface area contributed by atoms with Crippen LogP contribution in [0.2, 0.25) is 0 Å². The van der Waals surface area contributed by atoms with E-state index in [-0.39, 0.29) is 0 Å². The van der Waals surface area contributed by atoms with Gasteiger partial charge in [-0.25, -0.2) is 0 Å². The van der Waals surface area contributed by atoms with Crippen molar-refractivity contribution in [2.24, 2.45) is 5.92 Å². The van der Waals surface area contributed by atoms with Crippen LogP contribution in [0.4, 0.5) is 0 Å². The van der Waals surface area contributed by atoms with E-state index in [2.05, 4.69) is 62.4 Å². The van der Waals surface area contributed by atoms with Crippen molar-refractivity contribution < 1.29 is 4.74 Å². The lowest BCUT2D eigenvalue weighted by atomic mass is 9.91. The second-order valence-electron chi connectivity index (χ2n) is 8.66. The summed E-state index contributed by atoms with van der Waals surface area (Å²) in [6, 6.07) is 18.5. The lowest BCUT2D eigenvalue weighted by Gasteiger charge is -2.29. The molecule has 1 nitrogen and oxygen atoms in total. The maximum Gasteiger partial charge on any atom is 0.0575 e. The van der Waals surface area contributed by atoms with Crippen molar-refractivity contribution in [1.82, 2.24) is 0 Å². The molecule has 0 spiro atoms. The minimum Gasteiger partial charge on any atom is -0.378 e. The summed E-state index contributed by atoms with van der Waals surface area (Å²) in [6.07, 6.45) is 10.4. The van der Waals surface area contributed by atoms with E-state index in [4.69, 9.17) is 4.74 Å². The zero-order valence-corrected chi connectivity index (χ0v) is 18.8. The molecule has 0 saturated carbocycles. The minimum absolute atomic E-state index is 0.521. The third-order valence-electron chi connectivity index (χ3n) is 6.28. The predicted octanol–water partition coefficient (Wildman–Crippen LogP) is 8.05. The molecule has 2 atom stereocenters. The van der Waals surface area contributed by atoms with E-state index in [1.54, 1.807) is 0 Å². The largest absolute Gasteiger partial charge is 0.378 e. The third kappa shape index (κ3) is 5.29. The van der Waals surface area contributed by atoms with Gasteiger partial charge in [-0.2, -0.15) is 0 Å². The van der Waals surface area contributed by atoms with Crippen LogP contribution >= 0.6 is 11.3 Å². The number of thiophene rings is 1. The Morgan fingerprint density at radius 2 is 1.69 bits per heavy atom. The Labute approximate surface area is 180 Å². The van der Waals surface area contributed by atoms with Crippen molar-refractivity contribution in [3.63, 3.8) is 0 Å². The molecule has 2 heteroatoms.